The van der Waals surface area contributed by atoms with Crippen LogP contribution < -0.4 is 9.47 Å². The van der Waals surface area contributed by atoms with Crippen molar-refractivity contribution in [2.45, 2.75) is 32.5 Å². The molecule has 28 heavy (non-hydrogen) atoms. The molecule has 0 fully saturated rings. The topological polar surface area (TPSA) is 45.2 Å². The lowest BCUT2D eigenvalue weighted by Crippen LogP contribution is -2.34. The van der Waals surface area contributed by atoms with Gasteiger partial charge in [0.2, 0.25) is 0 Å². The van der Waals surface area contributed by atoms with Crippen molar-refractivity contribution < 1.29 is 14.6 Å². The van der Waals surface area contributed by atoms with Gasteiger partial charge in [-0.25, -0.2) is 0 Å². The van der Waals surface area contributed by atoms with Crippen LogP contribution in [0.3, 0.4) is 0 Å². The summed E-state index contributed by atoms with van der Waals surface area (Å²) in [5.41, 5.74) is 2.37. The minimum atomic E-state index is -0.901. The summed E-state index contributed by atoms with van der Waals surface area (Å²) >= 11 is 0. The molecular weight excluding hydrogens is 352 g/mol. The molecule has 0 spiro atoms. The van der Waals surface area contributed by atoms with Crippen molar-refractivity contribution in [3.63, 3.8) is 0 Å². The van der Waals surface area contributed by atoms with Crippen molar-refractivity contribution in [1.29, 1.82) is 0 Å². The highest BCUT2D eigenvalue weighted by atomic mass is 16.5. The molecule has 5 nitrogen and oxygen atoms in total. The number of ether oxygens (including phenoxy) is 2. The van der Waals surface area contributed by atoms with Crippen LogP contribution in [0, 0.1) is 0 Å². The molecule has 0 bridgehead atoms. The highest BCUT2D eigenvalue weighted by Gasteiger charge is 2.26. The van der Waals surface area contributed by atoms with Crippen LogP contribution >= 0.6 is 0 Å². The molecule has 0 radical (unpaired) electrons. The number of fused-ring (bicyclic) bond motifs is 1. The maximum Gasteiger partial charge on any atom is 0.123 e. The Hall–Kier alpha value is -2.08. The van der Waals surface area contributed by atoms with E-state index in [1.165, 1.54) is 5.56 Å². The lowest BCUT2D eigenvalue weighted by molar-refractivity contribution is 0.0299. The minimum Gasteiger partial charge on any atom is -0.494 e. The number of likely N-dealkylation sites (N-methyl/N-ethyl adjacent to an activating group) is 1. The third-order valence-electron chi connectivity index (χ3n) is 4.98. The summed E-state index contributed by atoms with van der Waals surface area (Å²) < 4.78 is 11.6. The number of nitrogens with zero attached hydrogens (tertiary/aromatic N) is 2. The first kappa shape index (κ1) is 20.6. The van der Waals surface area contributed by atoms with Crippen LogP contribution in [0.5, 0.6) is 11.5 Å². The molecule has 2 aromatic rings. The van der Waals surface area contributed by atoms with Crippen molar-refractivity contribution in [1.82, 2.24) is 9.80 Å². The summed E-state index contributed by atoms with van der Waals surface area (Å²) in [5, 5.41) is 10.9. The summed E-state index contributed by atoms with van der Waals surface area (Å²) in [6.45, 7) is 8.25. The summed E-state index contributed by atoms with van der Waals surface area (Å²) in [4.78, 5) is 4.38. The molecule has 0 amide bonds. The van der Waals surface area contributed by atoms with Crippen LogP contribution in [0.1, 0.15) is 30.5 Å². The van der Waals surface area contributed by atoms with E-state index in [1.807, 2.05) is 57.1 Å². The first-order chi connectivity index (χ1) is 13.4. The molecule has 1 aliphatic heterocycles. The second-order valence-corrected chi connectivity index (χ2v) is 7.97. The van der Waals surface area contributed by atoms with Gasteiger partial charge in [-0.05, 0) is 63.3 Å². The van der Waals surface area contributed by atoms with Gasteiger partial charge in [-0.3, -0.25) is 4.90 Å². The first-order valence-corrected chi connectivity index (χ1v) is 9.95. The van der Waals surface area contributed by atoms with Gasteiger partial charge in [0.1, 0.15) is 18.1 Å². The molecule has 1 heterocycles. The van der Waals surface area contributed by atoms with Gasteiger partial charge < -0.3 is 19.5 Å². The lowest BCUT2D eigenvalue weighted by Gasteiger charge is -2.28. The van der Waals surface area contributed by atoms with Crippen LogP contribution in [0.4, 0.5) is 0 Å². The molecule has 0 saturated heterocycles. The molecule has 2 aromatic carbocycles. The number of hydrogen-bond acceptors (Lipinski definition) is 5. The van der Waals surface area contributed by atoms with Crippen LogP contribution in [0.25, 0.3) is 0 Å². The first-order valence-electron chi connectivity index (χ1n) is 9.95. The summed E-state index contributed by atoms with van der Waals surface area (Å²) in [6.07, 6.45) is 0. The summed E-state index contributed by atoms with van der Waals surface area (Å²) in [5.74, 6) is 1.82. The Balaban J connectivity index is 1.78. The predicted octanol–water partition coefficient (Wildman–Crippen LogP) is 3.25. The molecule has 0 aliphatic carbocycles. The van der Waals surface area contributed by atoms with Gasteiger partial charge >= 0.3 is 0 Å². The van der Waals surface area contributed by atoms with E-state index in [0.29, 0.717) is 19.8 Å². The van der Waals surface area contributed by atoms with Crippen LogP contribution in [-0.4, -0.2) is 55.3 Å². The smallest absolute Gasteiger partial charge is 0.123 e. The van der Waals surface area contributed by atoms with E-state index in [2.05, 4.69) is 23.1 Å². The molecule has 0 unspecified atom stereocenters. The third-order valence-corrected chi connectivity index (χ3v) is 4.98. The second kappa shape index (κ2) is 8.95. The standard InChI is InChI=1S/C23H32N2O3/c1-5-27-21-8-6-7-18(13-21)15-25-11-12-28-22-10-9-20(14-19(22)16-25)23(2,26)17-24(3)4/h6-10,13-14,26H,5,11-12,15-17H2,1-4H3/t23-/m1/s1. The Labute approximate surface area is 168 Å². The van der Waals surface area contributed by atoms with Gasteiger partial charge in [0, 0.05) is 31.7 Å². The molecule has 1 N–H and O–H groups in total. The Morgan fingerprint density at radius 1 is 1.21 bits per heavy atom. The zero-order valence-corrected chi connectivity index (χ0v) is 17.4. The van der Waals surface area contributed by atoms with E-state index in [0.717, 1.165) is 42.3 Å². The Morgan fingerprint density at radius 3 is 2.79 bits per heavy atom. The fraction of sp³-hybridized carbons (Fsp3) is 0.478. The summed E-state index contributed by atoms with van der Waals surface area (Å²) in [6, 6.07) is 14.3. The van der Waals surface area contributed by atoms with Gasteiger partial charge in [0.15, 0.2) is 0 Å². The number of benzene rings is 2. The highest BCUT2D eigenvalue weighted by Crippen LogP contribution is 2.30. The van der Waals surface area contributed by atoms with Crippen LogP contribution in [0.15, 0.2) is 42.5 Å². The maximum absolute atomic E-state index is 10.9. The number of rotatable bonds is 7. The van der Waals surface area contributed by atoms with Gasteiger partial charge in [0.05, 0.1) is 12.2 Å². The lowest BCUT2D eigenvalue weighted by atomic mass is 9.93. The van der Waals surface area contributed by atoms with Crippen LogP contribution in [-0.2, 0) is 18.7 Å². The van der Waals surface area contributed by atoms with E-state index in [9.17, 15) is 5.11 Å². The molecule has 0 aromatic heterocycles. The van der Waals surface area contributed by atoms with Crippen molar-refractivity contribution in [3.8, 4) is 11.5 Å². The van der Waals surface area contributed by atoms with E-state index >= 15 is 0 Å². The van der Waals surface area contributed by atoms with E-state index in [1.54, 1.807) is 0 Å². The van der Waals surface area contributed by atoms with Gasteiger partial charge in [0.25, 0.3) is 0 Å². The molecule has 3 rings (SSSR count). The molecular formula is C23H32N2O3. The molecule has 5 heteroatoms. The maximum atomic E-state index is 10.9. The zero-order chi connectivity index (χ0) is 20.1. The predicted molar refractivity (Wildman–Crippen MR) is 112 cm³/mol. The van der Waals surface area contributed by atoms with E-state index in [-0.39, 0.29) is 0 Å². The average Bonchev–Trinajstić information content (AvgIpc) is 2.82. The molecule has 1 aliphatic rings. The molecule has 0 saturated carbocycles. The quantitative estimate of drug-likeness (QED) is 0.794. The second-order valence-electron chi connectivity index (χ2n) is 7.97. The molecule has 152 valence electrons. The number of aliphatic hydroxyl groups is 1. The van der Waals surface area contributed by atoms with Crippen molar-refractivity contribution in [2.24, 2.45) is 0 Å². The fourth-order valence-electron chi connectivity index (χ4n) is 3.78. The monoisotopic (exact) mass is 384 g/mol. The SMILES string of the molecule is CCOc1cccc(CN2CCOc3ccc([C@](C)(O)CN(C)C)cc3C2)c1. The van der Waals surface area contributed by atoms with Crippen molar-refractivity contribution in [2.75, 3.05) is 40.4 Å². The average molecular weight is 385 g/mol. The van der Waals surface area contributed by atoms with E-state index < -0.39 is 5.60 Å². The Bertz CT molecular complexity index is 789. The largest absolute Gasteiger partial charge is 0.494 e. The van der Waals surface area contributed by atoms with Gasteiger partial charge in [-0.15, -0.1) is 0 Å². The Morgan fingerprint density at radius 2 is 2.04 bits per heavy atom. The van der Waals surface area contributed by atoms with Gasteiger partial charge in [-0.1, -0.05) is 18.2 Å². The molecule has 1 atom stereocenters. The van der Waals surface area contributed by atoms with Crippen molar-refractivity contribution in [3.05, 3.63) is 59.2 Å². The number of hydrogen-bond donors (Lipinski definition) is 1. The normalized spacial score (nSPS) is 16.8. The fourth-order valence-corrected chi connectivity index (χ4v) is 3.78. The minimum absolute atomic E-state index is 0.570. The highest BCUT2D eigenvalue weighted by molar-refractivity contribution is 5.40. The van der Waals surface area contributed by atoms with Crippen LogP contribution in [0.2, 0.25) is 0 Å². The van der Waals surface area contributed by atoms with Crippen molar-refractivity contribution >= 4 is 0 Å². The summed E-state index contributed by atoms with van der Waals surface area (Å²) in [7, 11) is 3.94. The van der Waals surface area contributed by atoms with E-state index in [4.69, 9.17) is 9.47 Å². The van der Waals surface area contributed by atoms with Gasteiger partial charge in [-0.2, -0.15) is 0 Å². The third kappa shape index (κ3) is 5.25. The Kier molecular flexibility index (Phi) is 6.60. The zero-order valence-electron chi connectivity index (χ0n) is 17.4.